The second-order valence-corrected chi connectivity index (χ2v) is 17.6. The average Bonchev–Trinajstić information content (AvgIpc) is 3.72. The van der Waals surface area contributed by atoms with Crippen molar-refractivity contribution in [3.05, 3.63) is 103 Å². The number of piperidine rings is 1. The molecule has 4 fully saturated rings. The molecule has 2 saturated heterocycles. The van der Waals surface area contributed by atoms with Crippen molar-refractivity contribution in [3.63, 3.8) is 0 Å². The smallest absolute Gasteiger partial charge is 0.257 e. The minimum absolute atomic E-state index is 0.0513. The number of piperazine rings is 1. The van der Waals surface area contributed by atoms with Crippen molar-refractivity contribution in [1.82, 2.24) is 40.4 Å². The lowest BCUT2D eigenvalue weighted by atomic mass is 9.81. The number of amides is 4. The molecule has 0 radical (unpaired) electrons. The fourth-order valence-corrected chi connectivity index (χ4v) is 9.53. The van der Waals surface area contributed by atoms with Crippen molar-refractivity contribution < 1.29 is 23.9 Å². The number of benzene rings is 3. The number of aromatic nitrogens is 4. The number of carbonyl (C=O) groups is 4. The van der Waals surface area contributed by atoms with Gasteiger partial charge in [-0.3, -0.25) is 29.4 Å². The van der Waals surface area contributed by atoms with Crippen LogP contribution in [-0.4, -0.2) is 100.0 Å². The van der Waals surface area contributed by atoms with Gasteiger partial charge in [-0.15, -0.1) is 0 Å². The topological polar surface area (TPSA) is 176 Å². The number of rotatable bonds is 15. The lowest BCUT2D eigenvalue weighted by molar-refractivity contribution is -0.134. The maximum absolute atomic E-state index is 12.6. The maximum atomic E-state index is 12.6. The van der Waals surface area contributed by atoms with E-state index < -0.39 is 0 Å². The summed E-state index contributed by atoms with van der Waals surface area (Å²) in [6.07, 6.45) is 10.9. The number of ether oxygens (including phenoxy) is 1. The molecule has 4 N–H and O–H groups in total. The van der Waals surface area contributed by atoms with Crippen LogP contribution < -0.4 is 30.9 Å². The zero-order valence-corrected chi connectivity index (χ0v) is 35.6. The first-order valence-corrected chi connectivity index (χ1v) is 22.5. The largest absolute Gasteiger partial charge is 0.484 e. The lowest BCUT2D eigenvalue weighted by Crippen LogP contribution is -2.48. The van der Waals surface area contributed by atoms with Gasteiger partial charge in [0.05, 0.1) is 18.7 Å². The van der Waals surface area contributed by atoms with E-state index in [4.69, 9.17) is 4.74 Å². The van der Waals surface area contributed by atoms with E-state index in [1.54, 1.807) is 18.5 Å². The van der Waals surface area contributed by atoms with Gasteiger partial charge in [0.1, 0.15) is 12.1 Å². The molecule has 4 amide bonds. The van der Waals surface area contributed by atoms with Gasteiger partial charge in [-0.05, 0) is 104 Å². The molecule has 1 unspecified atom stereocenters. The van der Waals surface area contributed by atoms with Gasteiger partial charge in [0.2, 0.25) is 17.7 Å². The van der Waals surface area contributed by atoms with Crippen molar-refractivity contribution in [3.8, 4) is 5.75 Å². The number of imidazole rings is 1. The van der Waals surface area contributed by atoms with E-state index in [-0.39, 0.29) is 48.2 Å². The molecule has 4 aliphatic rings. The van der Waals surface area contributed by atoms with Gasteiger partial charge in [0, 0.05) is 69.1 Å². The molecule has 3 aromatic carbocycles. The third kappa shape index (κ3) is 10.5. The van der Waals surface area contributed by atoms with Crippen LogP contribution in [0.2, 0.25) is 0 Å². The van der Waals surface area contributed by atoms with Crippen LogP contribution in [0.25, 0.3) is 11.2 Å². The summed E-state index contributed by atoms with van der Waals surface area (Å²) in [6.45, 7) is 5.80. The summed E-state index contributed by atoms with van der Waals surface area (Å²) in [5.74, 6) is 1.49. The molecule has 328 valence electrons. The summed E-state index contributed by atoms with van der Waals surface area (Å²) in [6, 6.07) is 25.9. The van der Waals surface area contributed by atoms with Crippen molar-refractivity contribution in [1.29, 1.82) is 0 Å². The number of anilines is 3. The molecule has 2 aliphatic heterocycles. The van der Waals surface area contributed by atoms with Crippen LogP contribution >= 0.6 is 0 Å². The maximum Gasteiger partial charge on any atom is 0.257 e. The summed E-state index contributed by atoms with van der Waals surface area (Å²) < 4.78 is 7.81. The number of fused-ring (bicyclic) bond motifs is 1. The van der Waals surface area contributed by atoms with Gasteiger partial charge >= 0.3 is 0 Å². The van der Waals surface area contributed by atoms with Crippen LogP contribution in [0, 0.1) is 11.8 Å². The summed E-state index contributed by atoms with van der Waals surface area (Å²) in [5.41, 5.74) is 5.52. The van der Waals surface area contributed by atoms with Crippen molar-refractivity contribution in [2.75, 3.05) is 56.1 Å². The second-order valence-electron chi connectivity index (χ2n) is 17.6. The monoisotopic (exact) mass is 852 g/mol. The van der Waals surface area contributed by atoms with E-state index in [0.29, 0.717) is 49.2 Å². The third-order valence-corrected chi connectivity index (χ3v) is 13.3. The van der Waals surface area contributed by atoms with Crippen LogP contribution in [0.4, 0.5) is 17.2 Å². The summed E-state index contributed by atoms with van der Waals surface area (Å²) in [5, 5.41) is 12.1. The van der Waals surface area contributed by atoms with E-state index in [1.807, 2.05) is 48.8 Å². The zero-order chi connectivity index (χ0) is 43.1. The molecular weight excluding hydrogens is 797 g/mol. The Morgan fingerprint density at radius 2 is 1.54 bits per heavy atom. The number of nitrogens with zero attached hydrogens (tertiary/aromatic N) is 6. The van der Waals surface area contributed by atoms with Crippen LogP contribution in [0.3, 0.4) is 0 Å². The first-order valence-electron chi connectivity index (χ1n) is 22.5. The lowest BCUT2D eigenvalue weighted by Gasteiger charge is -2.39. The highest BCUT2D eigenvalue weighted by atomic mass is 16.5. The first kappa shape index (κ1) is 42.0. The molecule has 4 heterocycles. The van der Waals surface area contributed by atoms with Crippen molar-refractivity contribution in [2.24, 2.45) is 11.8 Å². The Morgan fingerprint density at radius 3 is 2.29 bits per heavy atom. The predicted octanol–water partition coefficient (Wildman–Crippen LogP) is 5.28. The zero-order valence-electron chi connectivity index (χ0n) is 35.6. The van der Waals surface area contributed by atoms with Gasteiger partial charge < -0.3 is 30.2 Å². The van der Waals surface area contributed by atoms with Crippen molar-refractivity contribution in [2.45, 2.75) is 75.8 Å². The molecule has 2 aromatic heterocycles. The van der Waals surface area contributed by atoms with Crippen LogP contribution in [0.15, 0.2) is 91.5 Å². The molecule has 15 heteroatoms. The molecule has 15 nitrogen and oxygen atoms in total. The van der Waals surface area contributed by atoms with Gasteiger partial charge in [-0.1, -0.05) is 42.5 Å². The minimum Gasteiger partial charge on any atom is -0.484 e. The first-order chi connectivity index (χ1) is 30.8. The highest BCUT2D eigenvalue weighted by molar-refractivity contribution is 6.01. The van der Waals surface area contributed by atoms with Gasteiger partial charge in [0.25, 0.3) is 5.91 Å². The fraction of sp³-hybridized carbons (Fsp3) is 0.438. The number of hydrogen-bond donors (Lipinski definition) is 4. The molecule has 5 aromatic rings. The number of nitrogens with one attached hydrogen (secondary N) is 4. The molecule has 0 spiro atoms. The standard InChI is InChI=1S/C48H56N10O5/c59-42-19-18-41(48(62)55-42)35-10-16-40(17-11-35)63-29-44(61)49-27-33-6-8-34(9-7-33)28-56-20-22-57(23-21-56)38-14-12-36(13-15-38)54-46-45-47(51-30-50-46)58(31-52-45)39-25-37(26-39)53-43(60)24-32-4-2-1-3-5-32/h1-5,10-17,30-31,33-34,37,39,41H,6-9,18-29H2,(H,49,61)(H,53,60)(H,50,51,54)(H,55,59,62). The fourth-order valence-electron chi connectivity index (χ4n) is 9.53. The molecular formula is C48H56N10O5. The molecule has 0 bridgehead atoms. The molecule has 2 saturated carbocycles. The van der Waals surface area contributed by atoms with E-state index in [0.717, 1.165) is 86.4 Å². The third-order valence-electron chi connectivity index (χ3n) is 13.3. The molecule has 1 atom stereocenters. The summed E-state index contributed by atoms with van der Waals surface area (Å²) >= 11 is 0. The normalized spacial score (nSPS) is 22.8. The Hall–Kier alpha value is -6.35. The molecule has 9 rings (SSSR count). The Balaban J connectivity index is 0.659. The number of hydrogen-bond acceptors (Lipinski definition) is 11. The Labute approximate surface area is 367 Å². The summed E-state index contributed by atoms with van der Waals surface area (Å²) in [7, 11) is 0. The van der Waals surface area contributed by atoms with Crippen LogP contribution in [0.5, 0.6) is 5.75 Å². The van der Waals surface area contributed by atoms with E-state index in [2.05, 4.69) is 74.9 Å². The van der Waals surface area contributed by atoms with E-state index in [9.17, 15) is 19.2 Å². The van der Waals surface area contributed by atoms with Crippen LogP contribution in [0.1, 0.15) is 74.5 Å². The second kappa shape index (κ2) is 19.4. The van der Waals surface area contributed by atoms with Gasteiger partial charge in [-0.25, -0.2) is 15.0 Å². The average molecular weight is 853 g/mol. The van der Waals surface area contributed by atoms with Crippen molar-refractivity contribution >= 4 is 52.0 Å². The molecule has 63 heavy (non-hydrogen) atoms. The summed E-state index contributed by atoms with van der Waals surface area (Å²) in [4.78, 5) is 67.6. The van der Waals surface area contributed by atoms with E-state index >= 15 is 0 Å². The van der Waals surface area contributed by atoms with Crippen LogP contribution in [-0.2, 0) is 25.6 Å². The quantitative estimate of drug-likeness (QED) is 0.101. The SMILES string of the molecule is O=C(COc1ccc(C2CCC(=O)NC2=O)cc1)NCC1CCC(CN2CCN(c3ccc(Nc4ncnc5c4ncn5C4CC(NC(=O)Cc5ccccc5)C4)cc3)CC2)CC1. The Kier molecular flexibility index (Phi) is 12.9. The van der Waals surface area contributed by atoms with Gasteiger partial charge in [0.15, 0.2) is 23.6 Å². The predicted molar refractivity (Wildman–Crippen MR) is 240 cm³/mol. The minimum atomic E-state index is -0.341. The molecule has 2 aliphatic carbocycles. The highest BCUT2D eigenvalue weighted by Gasteiger charge is 2.33. The van der Waals surface area contributed by atoms with Gasteiger partial charge in [-0.2, -0.15) is 0 Å². The highest BCUT2D eigenvalue weighted by Crippen LogP contribution is 2.36. The Bertz CT molecular complexity index is 2370. The van der Waals surface area contributed by atoms with E-state index in [1.165, 1.54) is 18.5 Å². The Morgan fingerprint density at radius 1 is 0.794 bits per heavy atom. The number of carbonyl (C=O) groups excluding carboxylic acids is 4. The number of imide groups is 1.